The van der Waals surface area contributed by atoms with Crippen molar-refractivity contribution in [1.29, 1.82) is 0 Å². The number of hydrogen-bond acceptors (Lipinski definition) is 2. The lowest BCUT2D eigenvalue weighted by Crippen LogP contribution is -2.57. The highest BCUT2D eigenvalue weighted by atomic mass is 35.5. The van der Waals surface area contributed by atoms with Gasteiger partial charge in [0.1, 0.15) is 6.04 Å². The minimum Gasteiger partial charge on any atom is -0.335 e. The van der Waals surface area contributed by atoms with Crippen LogP contribution in [-0.2, 0) is 16.0 Å². The monoisotopic (exact) mass is 250 g/mol. The lowest BCUT2D eigenvalue weighted by Gasteiger charge is -2.34. The second-order valence-corrected chi connectivity index (χ2v) is 4.89. The summed E-state index contributed by atoms with van der Waals surface area (Å²) in [6, 6.07) is 5.05. The molecule has 0 radical (unpaired) electrons. The van der Waals surface area contributed by atoms with E-state index < -0.39 is 0 Å². The van der Waals surface area contributed by atoms with Crippen LogP contribution in [0.5, 0.6) is 0 Å². The van der Waals surface area contributed by atoms with Gasteiger partial charge in [0.25, 0.3) is 0 Å². The molecular weight excluding hydrogens is 240 g/mol. The van der Waals surface area contributed by atoms with Crippen molar-refractivity contribution in [2.24, 2.45) is 0 Å². The summed E-state index contributed by atoms with van der Waals surface area (Å²) in [7, 11) is 1.66. The molecule has 1 aromatic carbocycles. The zero-order valence-electron chi connectivity index (χ0n) is 9.31. The van der Waals surface area contributed by atoms with Crippen molar-refractivity contribution in [1.82, 2.24) is 4.90 Å². The molecule has 4 nitrogen and oxygen atoms in total. The van der Waals surface area contributed by atoms with E-state index in [4.69, 9.17) is 11.6 Å². The van der Waals surface area contributed by atoms with Gasteiger partial charge < -0.3 is 4.90 Å². The Bertz CT molecular complexity index is 529. The fourth-order valence-corrected chi connectivity index (χ4v) is 2.68. The minimum absolute atomic E-state index is 0.00285. The molecule has 0 saturated carbocycles. The number of piperazine rings is 1. The molecule has 2 aliphatic heterocycles. The summed E-state index contributed by atoms with van der Waals surface area (Å²) in [4.78, 5) is 27.1. The highest BCUT2D eigenvalue weighted by Crippen LogP contribution is 2.36. The van der Waals surface area contributed by atoms with Gasteiger partial charge in [0, 0.05) is 24.2 Å². The molecule has 17 heavy (non-hydrogen) atoms. The Balaban J connectivity index is 2.09. The maximum absolute atomic E-state index is 12.0. The third-order valence-electron chi connectivity index (χ3n) is 3.33. The zero-order chi connectivity index (χ0) is 12.2. The lowest BCUT2D eigenvalue weighted by molar-refractivity contribution is -0.139. The standard InChI is InChI=1S/C12H11ClN2O2/c1-14-6-11(16)15-9-5-8(13)3-2-7(9)4-10(15)12(14)17/h2-3,5,10H,4,6H2,1H3. The van der Waals surface area contributed by atoms with E-state index in [0.29, 0.717) is 11.4 Å². The molecule has 0 aromatic heterocycles. The summed E-state index contributed by atoms with van der Waals surface area (Å²) in [5.41, 5.74) is 1.80. The summed E-state index contributed by atoms with van der Waals surface area (Å²) in [5.74, 6) is -0.0463. The molecule has 2 aliphatic rings. The zero-order valence-corrected chi connectivity index (χ0v) is 10.1. The molecule has 2 heterocycles. The molecule has 1 aromatic rings. The molecule has 88 valence electrons. The molecule has 0 aliphatic carbocycles. The molecule has 0 bridgehead atoms. The van der Waals surface area contributed by atoms with Gasteiger partial charge in [-0.05, 0) is 17.7 Å². The summed E-state index contributed by atoms with van der Waals surface area (Å²) >= 11 is 5.93. The van der Waals surface area contributed by atoms with Crippen molar-refractivity contribution in [3.63, 3.8) is 0 Å². The number of benzene rings is 1. The predicted molar refractivity (Wildman–Crippen MR) is 64.1 cm³/mol. The Morgan fingerprint density at radius 1 is 1.35 bits per heavy atom. The minimum atomic E-state index is -0.380. The first-order valence-corrected chi connectivity index (χ1v) is 5.81. The maximum Gasteiger partial charge on any atom is 0.247 e. The van der Waals surface area contributed by atoms with Crippen LogP contribution in [0.1, 0.15) is 5.56 Å². The number of hydrogen-bond donors (Lipinski definition) is 0. The number of halogens is 1. The quantitative estimate of drug-likeness (QED) is 0.691. The Morgan fingerprint density at radius 3 is 2.88 bits per heavy atom. The van der Waals surface area contributed by atoms with Crippen molar-refractivity contribution in [2.75, 3.05) is 18.5 Å². The largest absolute Gasteiger partial charge is 0.335 e. The summed E-state index contributed by atoms with van der Waals surface area (Å²) in [6.45, 7) is 0.140. The van der Waals surface area contributed by atoms with Crippen LogP contribution in [0, 0.1) is 0 Å². The molecule has 2 amide bonds. The van der Waals surface area contributed by atoms with Crippen molar-refractivity contribution in [2.45, 2.75) is 12.5 Å². The molecule has 1 unspecified atom stereocenters. The normalized spacial score (nSPS) is 22.8. The number of amides is 2. The van der Waals surface area contributed by atoms with E-state index >= 15 is 0 Å². The fraction of sp³-hybridized carbons (Fsp3) is 0.333. The number of rotatable bonds is 0. The first-order valence-electron chi connectivity index (χ1n) is 5.43. The van der Waals surface area contributed by atoms with Crippen LogP contribution in [0.25, 0.3) is 0 Å². The molecule has 1 atom stereocenters. The molecule has 3 rings (SSSR count). The van der Waals surface area contributed by atoms with Gasteiger partial charge in [0.05, 0.1) is 6.54 Å². The van der Waals surface area contributed by atoms with Crippen LogP contribution in [0.4, 0.5) is 5.69 Å². The summed E-state index contributed by atoms with van der Waals surface area (Å²) in [5, 5.41) is 0.587. The molecule has 1 fully saturated rings. The van der Waals surface area contributed by atoms with Crippen LogP contribution >= 0.6 is 11.6 Å². The van der Waals surface area contributed by atoms with Gasteiger partial charge in [0.15, 0.2) is 0 Å². The van der Waals surface area contributed by atoms with Crippen LogP contribution in [0.3, 0.4) is 0 Å². The molecule has 0 spiro atoms. The number of fused-ring (bicyclic) bond motifs is 3. The number of likely N-dealkylation sites (N-methyl/N-ethyl adjacent to an activating group) is 1. The number of carbonyl (C=O) groups is 2. The van der Waals surface area contributed by atoms with Crippen LogP contribution in [0.2, 0.25) is 5.02 Å². The van der Waals surface area contributed by atoms with Crippen molar-refractivity contribution in [3.05, 3.63) is 28.8 Å². The van der Waals surface area contributed by atoms with Gasteiger partial charge in [-0.2, -0.15) is 0 Å². The molecular formula is C12H11ClN2O2. The van der Waals surface area contributed by atoms with Gasteiger partial charge >= 0.3 is 0 Å². The molecule has 0 N–H and O–H groups in total. The second-order valence-electron chi connectivity index (χ2n) is 4.45. The fourth-order valence-electron chi connectivity index (χ4n) is 2.52. The van der Waals surface area contributed by atoms with E-state index in [1.165, 1.54) is 4.90 Å². The van der Waals surface area contributed by atoms with Crippen molar-refractivity contribution >= 4 is 29.1 Å². The van der Waals surface area contributed by atoms with E-state index in [1.54, 1.807) is 24.1 Å². The van der Waals surface area contributed by atoms with E-state index in [9.17, 15) is 9.59 Å². The summed E-state index contributed by atoms with van der Waals surface area (Å²) in [6.07, 6.45) is 0.585. The average Bonchev–Trinajstić information content (AvgIpc) is 2.65. The van der Waals surface area contributed by atoms with Gasteiger partial charge in [-0.15, -0.1) is 0 Å². The van der Waals surface area contributed by atoms with Gasteiger partial charge in [0.2, 0.25) is 11.8 Å². The predicted octanol–water partition coefficient (Wildman–Crippen LogP) is 1.07. The Hall–Kier alpha value is -1.55. The smallest absolute Gasteiger partial charge is 0.247 e. The number of carbonyl (C=O) groups excluding carboxylic acids is 2. The second kappa shape index (κ2) is 3.47. The molecule has 1 saturated heterocycles. The Kier molecular flexibility index (Phi) is 2.16. The van der Waals surface area contributed by atoms with E-state index in [0.717, 1.165) is 11.3 Å². The van der Waals surface area contributed by atoms with Crippen LogP contribution in [-0.4, -0.2) is 36.3 Å². The van der Waals surface area contributed by atoms with Crippen LogP contribution in [0.15, 0.2) is 18.2 Å². The van der Waals surface area contributed by atoms with E-state index in [-0.39, 0.29) is 24.4 Å². The van der Waals surface area contributed by atoms with E-state index in [2.05, 4.69) is 0 Å². The third kappa shape index (κ3) is 1.44. The van der Waals surface area contributed by atoms with E-state index in [1.807, 2.05) is 6.07 Å². The highest BCUT2D eigenvalue weighted by molar-refractivity contribution is 6.31. The maximum atomic E-state index is 12.0. The van der Waals surface area contributed by atoms with Gasteiger partial charge in [-0.3, -0.25) is 14.5 Å². The third-order valence-corrected chi connectivity index (χ3v) is 3.57. The number of nitrogens with zero attached hydrogens (tertiary/aromatic N) is 2. The SMILES string of the molecule is CN1CC(=O)N2c3cc(Cl)ccc3CC2C1=O. The van der Waals surface area contributed by atoms with Crippen molar-refractivity contribution in [3.8, 4) is 0 Å². The topological polar surface area (TPSA) is 40.6 Å². The van der Waals surface area contributed by atoms with Crippen molar-refractivity contribution < 1.29 is 9.59 Å². The first kappa shape index (κ1) is 10.6. The average molecular weight is 251 g/mol. The number of anilines is 1. The van der Waals surface area contributed by atoms with Gasteiger partial charge in [-0.1, -0.05) is 17.7 Å². The highest BCUT2D eigenvalue weighted by Gasteiger charge is 2.43. The lowest BCUT2D eigenvalue weighted by atomic mass is 10.1. The van der Waals surface area contributed by atoms with Crippen LogP contribution < -0.4 is 4.90 Å². The summed E-state index contributed by atoms with van der Waals surface area (Å²) < 4.78 is 0. The first-order chi connectivity index (χ1) is 8.08. The van der Waals surface area contributed by atoms with Gasteiger partial charge in [-0.25, -0.2) is 0 Å². The Labute approximate surface area is 104 Å². The molecule has 5 heteroatoms. The Morgan fingerprint density at radius 2 is 2.12 bits per heavy atom.